The van der Waals surface area contributed by atoms with E-state index in [-0.39, 0.29) is 11.9 Å². The summed E-state index contributed by atoms with van der Waals surface area (Å²) in [4.78, 5) is 11.9. The quantitative estimate of drug-likeness (QED) is 0.740. The Bertz CT molecular complexity index is 390. The van der Waals surface area contributed by atoms with E-state index in [1.807, 2.05) is 38.1 Å². The minimum atomic E-state index is -0.469. The second-order valence-electron chi connectivity index (χ2n) is 4.88. The van der Waals surface area contributed by atoms with Crippen LogP contribution in [-0.2, 0) is 9.53 Å². The zero-order chi connectivity index (χ0) is 14.3. The van der Waals surface area contributed by atoms with Gasteiger partial charge in [-0.2, -0.15) is 0 Å². The van der Waals surface area contributed by atoms with Gasteiger partial charge < -0.3 is 15.8 Å². The first-order valence-corrected chi connectivity index (χ1v) is 6.66. The van der Waals surface area contributed by atoms with E-state index in [1.165, 1.54) is 5.56 Å². The molecule has 1 aromatic rings. The van der Waals surface area contributed by atoms with E-state index >= 15 is 0 Å². The number of hydrogen-bond acceptors (Lipinski definition) is 3. The first-order chi connectivity index (χ1) is 9.04. The number of ether oxygens (including phenoxy) is 1. The molecule has 0 aliphatic carbocycles. The lowest BCUT2D eigenvalue weighted by Gasteiger charge is -2.18. The molecule has 3 N–H and O–H groups in total. The Hall–Kier alpha value is -1.39. The minimum absolute atomic E-state index is 0.0263. The van der Waals surface area contributed by atoms with Crippen molar-refractivity contribution in [2.75, 3.05) is 13.7 Å². The van der Waals surface area contributed by atoms with Crippen molar-refractivity contribution >= 4 is 5.91 Å². The van der Waals surface area contributed by atoms with Gasteiger partial charge in [0, 0.05) is 13.7 Å². The van der Waals surface area contributed by atoms with Crippen LogP contribution in [0.3, 0.4) is 0 Å². The number of benzene rings is 1. The highest BCUT2D eigenvalue weighted by atomic mass is 16.5. The third kappa shape index (κ3) is 5.41. The summed E-state index contributed by atoms with van der Waals surface area (Å²) in [6.07, 6.45) is 1.43. The van der Waals surface area contributed by atoms with Gasteiger partial charge >= 0.3 is 0 Å². The lowest BCUT2D eigenvalue weighted by Crippen LogP contribution is -2.41. The first kappa shape index (κ1) is 15.7. The normalized spacial score (nSPS) is 13.9. The largest absolute Gasteiger partial charge is 0.385 e. The van der Waals surface area contributed by atoms with Crippen LogP contribution in [0.1, 0.15) is 36.9 Å². The molecule has 2 atom stereocenters. The van der Waals surface area contributed by atoms with Crippen LogP contribution in [0.5, 0.6) is 0 Å². The summed E-state index contributed by atoms with van der Waals surface area (Å²) in [6, 6.07) is 7.63. The molecule has 106 valence electrons. The number of amides is 1. The van der Waals surface area contributed by atoms with Gasteiger partial charge in [-0.25, -0.2) is 0 Å². The van der Waals surface area contributed by atoms with Crippen LogP contribution in [0, 0.1) is 6.92 Å². The summed E-state index contributed by atoms with van der Waals surface area (Å²) in [7, 11) is 1.64. The Morgan fingerprint density at radius 2 is 2.00 bits per heavy atom. The molecular formula is C15H24N2O2. The van der Waals surface area contributed by atoms with Gasteiger partial charge in [-0.05, 0) is 32.3 Å². The van der Waals surface area contributed by atoms with E-state index in [0.29, 0.717) is 13.0 Å². The molecule has 0 bridgehead atoms. The third-order valence-corrected chi connectivity index (χ3v) is 3.14. The van der Waals surface area contributed by atoms with Gasteiger partial charge in [-0.15, -0.1) is 0 Å². The predicted octanol–water partition coefficient (Wildman–Crippen LogP) is 1.93. The van der Waals surface area contributed by atoms with Crippen molar-refractivity contribution in [1.82, 2.24) is 5.32 Å². The number of hydrogen-bond donors (Lipinski definition) is 2. The second kappa shape index (κ2) is 7.92. The Balaban J connectivity index is 2.44. The highest BCUT2D eigenvalue weighted by molar-refractivity contribution is 5.81. The van der Waals surface area contributed by atoms with Crippen molar-refractivity contribution in [2.24, 2.45) is 5.73 Å². The van der Waals surface area contributed by atoms with Crippen molar-refractivity contribution in [1.29, 1.82) is 0 Å². The lowest BCUT2D eigenvalue weighted by molar-refractivity contribution is -0.123. The van der Waals surface area contributed by atoms with E-state index in [0.717, 1.165) is 12.0 Å². The Labute approximate surface area is 115 Å². The van der Waals surface area contributed by atoms with Crippen molar-refractivity contribution in [3.63, 3.8) is 0 Å². The second-order valence-corrected chi connectivity index (χ2v) is 4.88. The topological polar surface area (TPSA) is 64.3 Å². The van der Waals surface area contributed by atoms with Gasteiger partial charge in [0.05, 0.1) is 12.1 Å². The molecule has 1 unspecified atom stereocenters. The fraction of sp³-hybridized carbons (Fsp3) is 0.533. The average molecular weight is 264 g/mol. The molecule has 0 fully saturated rings. The van der Waals surface area contributed by atoms with Crippen LogP contribution >= 0.6 is 0 Å². The summed E-state index contributed by atoms with van der Waals surface area (Å²) in [5.74, 6) is -0.107. The fourth-order valence-electron chi connectivity index (χ4n) is 1.84. The molecule has 0 spiro atoms. The van der Waals surface area contributed by atoms with Gasteiger partial charge in [0.1, 0.15) is 0 Å². The molecule has 1 aromatic carbocycles. The lowest BCUT2D eigenvalue weighted by atomic mass is 10.1. The standard InChI is InChI=1S/C15H24N2O2/c1-11-6-8-13(9-7-11)12(2)17-15(18)14(16)5-4-10-19-3/h6-9,12,14H,4-5,10,16H2,1-3H3,(H,17,18)/t12-,14?/m0/s1. The van der Waals surface area contributed by atoms with E-state index in [9.17, 15) is 4.79 Å². The molecule has 0 radical (unpaired) electrons. The summed E-state index contributed by atoms with van der Waals surface area (Å²) in [5, 5.41) is 2.94. The first-order valence-electron chi connectivity index (χ1n) is 6.66. The molecule has 0 saturated heterocycles. The van der Waals surface area contributed by atoms with Crippen molar-refractivity contribution in [3.8, 4) is 0 Å². The van der Waals surface area contributed by atoms with Crippen LogP contribution in [-0.4, -0.2) is 25.7 Å². The number of aryl methyl sites for hydroxylation is 1. The summed E-state index contributed by atoms with van der Waals surface area (Å²) in [5.41, 5.74) is 8.13. The molecule has 0 saturated carbocycles. The van der Waals surface area contributed by atoms with Crippen molar-refractivity contribution in [2.45, 2.75) is 38.8 Å². The van der Waals surface area contributed by atoms with Crippen LogP contribution in [0.25, 0.3) is 0 Å². The molecule has 4 nitrogen and oxygen atoms in total. The van der Waals surface area contributed by atoms with Gasteiger partial charge in [0.25, 0.3) is 0 Å². The van der Waals surface area contributed by atoms with Crippen LogP contribution < -0.4 is 11.1 Å². The predicted molar refractivity (Wildman–Crippen MR) is 76.8 cm³/mol. The van der Waals surface area contributed by atoms with E-state index < -0.39 is 6.04 Å². The van der Waals surface area contributed by atoms with Crippen LogP contribution in [0.4, 0.5) is 0 Å². The molecule has 0 aromatic heterocycles. The van der Waals surface area contributed by atoms with Crippen LogP contribution in [0.2, 0.25) is 0 Å². The molecule has 0 aliphatic heterocycles. The molecule has 0 heterocycles. The van der Waals surface area contributed by atoms with Gasteiger partial charge in [0.15, 0.2) is 0 Å². The summed E-state index contributed by atoms with van der Waals surface area (Å²) >= 11 is 0. The zero-order valence-electron chi connectivity index (χ0n) is 12.0. The SMILES string of the molecule is COCCCC(N)C(=O)N[C@@H](C)c1ccc(C)cc1. The van der Waals surface area contributed by atoms with E-state index in [1.54, 1.807) is 7.11 Å². The van der Waals surface area contributed by atoms with E-state index in [2.05, 4.69) is 5.32 Å². The monoisotopic (exact) mass is 264 g/mol. The Kier molecular flexibility index (Phi) is 6.53. The number of nitrogens with two attached hydrogens (primary N) is 1. The van der Waals surface area contributed by atoms with Gasteiger partial charge in [0.2, 0.25) is 5.91 Å². The third-order valence-electron chi connectivity index (χ3n) is 3.14. The maximum absolute atomic E-state index is 11.9. The molecule has 4 heteroatoms. The molecule has 1 amide bonds. The smallest absolute Gasteiger partial charge is 0.237 e. The Morgan fingerprint density at radius 3 is 2.58 bits per heavy atom. The van der Waals surface area contributed by atoms with Gasteiger partial charge in [-0.3, -0.25) is 4.79 Å². The maximum Gasteiger partial charge on any atom is 0.237 e. The van der Waals surface area contributed by atoms with E-state index in [4.69, 9.17) is 10.5 Å². The number of carbonyl (C=O) groups is 1. The molecule has 1 rings (SSSR count). The fourth-order valence-corrected chi connectivity index (χ4v) is 1.84. The number of carbonyl (C=O) groups excluding carboxylic acids is 1. The Morgan fingerprint density at radius 1 is 1.37 bits per heavy atom. The number of nitrogens with one attached hydrogen (secondary N) is 1. The molecule has 19 heavy (non-hydrogen) atoms. The van der Waals surface area contributed by atoms with Gasteiger partial charge in [-0.1, -0.05) is 29.8 Å². The number of rotatable bonds is 7. The summed E-state index contributed by atoms with van der Waals surface area (Å²) < 4.78 is 4.95. The van der Waals surface area contributed by atoms with Crippen molar-refractivity contribution < 1.29 is 9.53 Å². The average Bonchev–Trinajstić information content (AvgIpc) is 2.39. The summed E-state index contributed by atoms with van der Waals surface area (Å²) in [6.45, 7) is 4.64. The van der Waals surface area contributed by atoms with Crippen LogP contribution in [0.15, 0.2) is 24.3 Å². The molecule has 0 aliphatic rings. The zero-order valence-corrected chi connectivity index (χ0v) is 12.0. The molecular weight excluding hydrogens is 240 g/mol. The number of methoxy groups -OCH3 is 1. The highest BCUT2D eigenvalue weighted by Crippen LogP contribution is 2.13. The maximum atomic E-state index is 11.9. The highest BCUT2D eigenvalue weighted by Gasteiger charge is 2.16. The van der Waals surface area contributed by atoms with Crippen molar-refractivity contribution in [3.05, 3.63) is 35.4 Å². The minimum Gasteiger partial charge on any atom is -0.385 e.